The first-order chi connectivity index (χ1) is 13.2. The first kappa shape index (κ1) is 17.4. The summed E-state index contributed by atoms with van der Waals surface area (Å²) in [4.78, 5) is 27.3. The van der Waals surface area contributed by atoms with Crippen LogP contribution in [0.1, 0.15) is 23.6 Å². The molecule has 1 atom stereocenters. The molecule has 7 nitrogen and oxygen atoms in total. The van der Waals surface area contributed by atoms with E-state index in [1.54, 1.807) is 17.0 Å². The molecule has 4 rings (SSSR count). The lowest BCUT2D eigenvalue weighted by molar-refractivity contribution is -0.134. The molecule has 0 unspecified atom stereocenters. The second-order valence-corrected chi connectivity index (χ2v) is 7.30. The van der Waals surface area contributed by atoms with E-state index in [1.165, 1.54) is 27.1 Å². The fraction of sp³-hybridized carbons (Fsp3) is 0.263. The highest BCUT2D eigenvalue weighted by atomic mass is 32.1. The number of rotatable bonds is 6. The summed E-state index contributed by atoms with van der Waals surface area (Å²) in [5, 5.41) is 10.3. The summed E-state index contributed by atoms with van der Waals surface area (Å²) < 4.78 is 2.32. The van der Waals surface area contributed by atoms with Gasteiger partial charge in [-0.3, -0.25) is 4.79 Å². The van der Waals surface area contributed by atoms with Gasteiger partial charge in [-0.1, -0.05) is 30.3 Å². The summed E-state index contributed by atoms with van der Waals surface area (Å²) in [5.74, 6) is -0.170. The van der Waals surface area contributed by atoms with E-state index in [9.17, 15) is 9.59 Å². The molecule has 2 heterocycles. The molecule has 0 saturated heterocycles. The molecule has 0 fully saturated rings. The number of aromatic nitrogens is 4. The Morgan fingerprint density at radius 3 is 2.93 bits per heavy atom. The van der Waals surface area contributed by atoms with E-state index in [4.69, 9.17) is 0 Å². The van der Waals surface area contributed by atoms with Crippen LogP contribution in [0.25, 0.3) is 5.00 Å². The molecule has 0 N–H and O–H groups in total. The number of fused-ring (bicyclic) bond motifs is 1. The van der Waals surface area contributed by atoms with Crippen LogP contribution >= 0.6 is 11.3 Å². The zero-order valence-electron chi connectivity index (χ0n) is 14.7. The van der Waals surface area contributed by atoms with Gasteiger partial charge < -0.3 is 4.90 Å². The summed E-state index contributed by atoms with van der Waals surface area (Å²) in [6, 6.07) is 11.8. The van der Waals surface area contributed by atoms with Gasteiger partial charge in [-0.05, 0) is 51.9 Å². The number of thiophene rings is 1. The minimum Gasteiger partial charge on any atom is -0.330 e. The predicted octanol–water partition coefficient (Wildman–Crippen LogP) is 2.19. The molecule has 27 heavy (non-hydrogen) atoms. The minimum absolute atomic E-state index is 0.00487. The Morgan fingerprint density at radius 2 is 2.15 bits per heavy atom. The van der Waals surface area contributed by atoms with Crippen molar-refractivity contribution in [1.29, 1.82) is 0 Å². The van der Waals surface area contributed by atoms with Gasteiger partial charge in [0.1, 0.15) is 11.5 Å². The number of carbonyl (C=O) groups excluding carboxylic acids is 1. The van der Waals surface area contributed by atoms with E-state index in [0.717, 1.165) is 17.5 Å². The van der Waals surface area contributed by atoms with Crippen molar-refractivity contribution < 1.29 is 4.79 Å². The molecule has 0 aliphatic heterocycles. The van der Waals surface area contributed by atoms with Crippen LogP contribution in [-0.2, 0) is 17.8 Å². The van der Waals surface area contributed by atoms with Gasteiger partial charge >= 0.3 is 5.69 Å². The fourth-order valence-corrected chi connectivity index (χ4v) is 4.19. The molecule has 0 saturated carbocycles. The van der Waals surface area contributed by atoms with Gasteiger partial charge in [0.05, 0.1) is 6.04 Å². The first-order valence-corrected chi connectivity index (χ1v) is 9.62. The van der Waals surface area contributed by atoms with Crippen molar-refractivity contribution in [3.63, 3.8) is 0 Å². The third-order valence-corrected chi connectivity index (χ3v) is 5.61. The van der Waals surface area contributed by atoms with Gasteiger partial charge in [-0.25, -0.2) is 4.79 Å². The van der Waals surface area contributed by atoms with E-state index in [2.05, 4.69) is 29.1 Å². The topological polar surface area (TPSA) is 73.0 Å². The lowest BCUT2D eigenvalue weighted by Gasteiger charge is -2.28. The Labute approximate surface area is 160 Å². The largest absolute Gasteiger partial charge is 0.369 e. The Kier molecular flexibility index (Phi) is 4.72. The van der Waals surface area contributed by atoms with Gasteiger partial charge in [-0.2, -0.15) is 9.36 Å². The normalized spacial score (nSPS) is 15.5. The summed E-state index contributed by atoms with van der Waals surface area (Å²) in [7, 11) is 0. The summed E-state index contributed by atoms with van der Waals surface area (Å²) in [6.45, 7) is 4.06. The van der Waals surface area contributed by atoms with Crippen LogP contribution in [0.4, 0.5) is 0 Å². The second-order valence-electron chi connectivity index (χ2n) is 6.37. The molecule has 3 aromatic rings. The van der Waals surface area contributed by atoms with Crippen LogP contribution in [0.15, 0.2) is 59.2 Å². The SMILES string of the molecule is C=CCN(C(=O)Cn1nnn(-c2cccs2)c1=O)[C@H]1CCc2ccccc21. The number of aryl methyl sites for hydroxylation is 1. The van der Waals surface area contributed by atoms with E-state index in [-0.39, 0.29) is 18.5 Å². The number of carbonyl (C=O) groups is 1. The van der Waals surface area contributed by atoms with Crippen molar-refractivity contribution in [3.05, 3.63) is 76.0 Å². The van der Waals surface area contributed by atoms with Crippen LogP contribution in [0.2, 0.25) is 0 Å². The molecule has 1 aromatic carbocycles. The summed E-state index contributed by atoms with van der Waals surface area (Å²) in [5.41, 5.74) is 2.02. The third kappa shape index (κ3) is 3.23. The van der Waals surface area contributed by atoms with E-state index < -0.39 is 5.69 Å². The predicted molar refractivity (Wildman–Crippen MR) is 103 cm³/mol. The van der Waals surface area contributed by atoms with Gasteiger partial charge in [0.15, 0.2) is 0 Å². The van der Waals surface area contributed by atoms with E-state index in [0.29, 0.717) is 11.5 Å². The fourth-order valence-electron chi connectivity index (χ4n) is 3.52. The average molecular weight is 381 g/mol. The molecule has 8 heteroatoms. The monoisotopic (exact) mass is 381 g/mol. The lowest BCUT2D eigenvalue weighted by Crippen LogP contribution is -2.39. The maximum absolute atomic E-state index is 13.0. The Bertz CT molecular complexity index is 1020. The quantitative estimate of drug-likeness (QED) is 0.614. The van der Waals surface area contributed by atoms with Crippen LogP contribution in [0.5, 0.6) is 0 Å². The highest BCUT2D eigenvalue weighted by Gasteiger charge is 2.30. The number of tetrazole rings is 1. The zero-order chi connectivity index (χ0) is 18.8. The van der Waals surface area contributed by atoms with Gasteiger partial charge in [0, 0.05) is 6.54 Å². The molecule has 0 radical (unpaired) electrons. The Hall–Kier alpha value is -3.00. The molecule has 2 aromatic heterocycles. The number of hydrogen-bond donors (Lipinski definition) is 0. The molecular formula is C19H19N5O2S. The molecular weight excluding hydrogens is 362 g/mol. The van der Waals surface area contributed by atoms with Gasteiger partial charge in [0.25, 0.3) is 0 Å². The van der Waals surface area contributed by atoms with Crippen molar-refractivity contribution in [3.8, 4) is 5.00 Å². The maximum Gasteiger partial charge on any atom is 0.369 e. The standard InChI is InChI=1S/C19H19N5O2S/c1-2-11-22(16-10-9-14-6-3-4-7-15(14)16)17(25)13-23-19(26)24(21-20-23)18-8-5-12-27-18/h2-8,12,16H,1,9-11,13H2/t16-/m0/s1. The molecule has 1 aliphatic rings. The van der Waals surface area contributed by atoms with Crippen LogP contribution < -0.4 is 5.69 Å². The number of amides is 1. The number of hydrogen-bond acceptors (Lipinski definition) is 5. The van der Waals surface area contributed by atoms with Crippen LogP contribution in [0.3, 0.4) is 0 Å². The number of nitrogens with zero attached hydrogens (tertiary/aromatic N) is 5. The molecule has 0 bridgehead atoms. The minimum atomic E-state index is -0.420. The highest BCUT2D eigenvalue weighted by Crippen LogP contribution is 2.35. The van der Waals surface area contributed by atoms with Gasteiger partial charge in [-0.15, -0.1) is 17.9 Å². The summed E-state index contributed by atoms with van der Waals surface area (Å²) >= 11 is 1.39. The van der Waals surface area contributed by atoms with Gasteiger partial charge in [0.2, 0.25) is 5.91 Å². The average Bonchev–Trinajstić information content (AvgIpc) is 3.41. The maximum atomic E-state index is 13.0. The third-order valence-electron chi connectivity index (χ3n) is 4.76. The van der Waals surface area contributed by atoms with Crippen molar-refractivity contribution in [2.24, 2.45) is 0 Å². The van der Waals surface area contributed by atoms with Crippen molar-refractivity contribution >= 4 is 17.2 Å². The molecule has 1 aliphatic carbocycles. The smallest absolute Gasteiger partial charge is 0.330 e. The number of benzene rings is 1. The van der Waals surface area contributed by atoms with Crippen molar-refractivity contribution in [2.45, 2.75) is 25.4 Å². The zero-order valence-corrected chi connectivity index (χ0v) is 15.5. The first-order valence-electron chi connectivity index (χ1n) is 8.74. The van der Waals surface area contributed by atoms with E-state index in [1.807, 2.05) is 23.6 Å². The lowest BCUT2D eigenvalue weighted by atomic mass is 10.1. The Balaban J connectivity index is 1.58. The Morgan fingerprint density at radius 1 is 1.30 bits per heavy atom. The molecule has 138 valence electrons. The molecule has 0 spiro atoms. The van der Waals surface area contributed by atoms with Crippen molar-refractivity contribution in [1.82, 2.24) is 24.7 Å². The highest BCUT2D eigenvalue weighted by molar-refractivity contribution is 7.12. The second kappa shape index (κ2) is 7.32. The van der Waals surface area contributed by atoms with Crippen molar-refractivity contribution in [2.75, 3.05) is 6.54 Å². The van der Waals surface area contributed by atoms with Crippen LogP contribution in [-0.4, -0.2) is 37.1 Å². The van der Waals surface area contributed by atoms with Crippen LogP contribution in [0, 0.1) is 0 Å². The summed E-state index contributed by atoms with van der Waals surface area (Å²) in [6.07, 6.45) is 3.52. The molecule has 1 amide bonds. The van der Waals surface area contributed by atoms with E-state index >= 15 is 0 Å².